The number of aromatic nitrogens is 3. The lowest BCUT2D eigenvalue weighted by molar-refractivity contribution is -0.124. The fourth-order valence-corrected chi connectivity index (χ4v) is 3.68. The molecule has 1 saturated heterocycles. The average molecular weight is 415 g/mol. The van der Waals surface area contributed by atoms with Crippen LogP contribution in [0.1, 0.15) is 12.0 Å². The fourth-order valence-electron chi connectivity index (χ4n) is 2.81. The van der Waals surface area contributed by atoms with Gasteiger partial charge in [0, 0.05) is 25.7 Å². The fraction of sp³-hybridized carbons (Fsp3) is 0.278. The molecule has 0 spiro atoms. The van der Waals surface area contributed by atoms with Crippen LogP contribution >= 0.6 is 11.8 Å². The number of nitrogens with one attached hydrogen (secondary N) is 1. The highest BCUT2D eigenvalue weighted by molar-refractivity contribution is 8.18. The predicted octanol–water partition coefficient (Wildman–Crippen LogP) is 1.25. The van der Waals surface area contributed by atoms with Gasteiger partial charge in [-0.1, -0.05) is 11.3 Å². The summed E-state index contributed by atoms with van der Waals surface area (Å²) in [5, 5.41) is 9.78. The van der Waals surface area contributed by atoms with Crippen molar-refractivity contribution >= 4 is 34.9 Å². The molecule has 0 unspecified atom stereocenters. The summed E-state index contributed by atoms with van der Waals surface area (Å²) >= 11 is 0.872. The van der Waals surface area contributed by atoms with Crippen molar-refractivity contribution in [3.8, 4) is 11.5 Å². The molecule has 2 aromatic rings. The van der Waals surface area contributed by atoms with Gasteiger partial charge >= 0.3 is 0 Å². The van der Waals surface area contributed by atoms with Gasteiger partial charge in [-0.3, -0.25) is 24.0 Å². The van der Waals surface area contributed by atoms with Gasteiger partial charge in [0.05, 0.1) is 17.6 Å². The third-order valence-corrected chi connectivity index (χ3v) is 5.17. The Morgan fingerprint density at radius 2 is 2.10 bits per heavy atom. The molecule has 4 rings (SSSR count). The van der Waals surface area contributed by atoms with Gasteiger partial charge in [0.1, 0.15) is 0 Å². The number of amides is 3. The molecule has 150 valence electrons. The molecule has 29 heavy (non-hydrogen) atoms. The lowest BCUT2D eigenvalue weighted by atomic mass is 10.2. The minimum Gasteiger partial charge on any atom is -0.454 e. The van der Waals surface area contributed by atoms with E-state index in [9.17, 15) is 14.4 Å². The molecule has 10 nitrogen and oxygen atoms in total. The number of carbonyl (C=O) groups is 3. The van der Waals surface area contributed by atoms with Crippen molar-refractivity contribution in [2.45, 2.75) is 13.0 Å². The number of rotatable bonds is 7. The summed E-state index contributed by atoms with van der Waals surface area (Å²) in [6.45, 7) is 0.870. The zero-order chi connectivity index (χ0) is 20.2. The van der Waals surface area contributed by atoms with Crippen LogP contribution in [0.3, 0.4) is 0 Å². The molecule has 2 aliphatic heterocycles. The number of benzene rings is 1. The van der Waals surface area contributed by atoms with Crippen LogP contribution in [0.25, 0.3) is 6.08 Å². The molecule has 11 heteroatoms. The standard InChI is InChI=1S/C18H17N5O5S/c24-16(3-6-22-7-5-20-21-22)19-4-8-23-17(25)15(29-18(23)26)10-12-1-2-13-14(9-12)28-11-27-13/h1-2,5,7,9-10H,3-4,6,8,11H2,(H,19,24). The highest BCUT2D eigenvalue weighted by atomic mass is 32.2. The summed E-state index contributed by atoms with van der Waals surface area (Å²) in [7, 11) is 0. The van der Waals surface area contributed by atoms with Gasteiger partial charge in [0.15, 0.2) is 11.5 Å². The molecule has 1 aromatic heterocycles. The summed E-state index contributed by atoms with van der Waals surface area (Å²) in [5.74, 6) is 0.680. The van der Waals surface area contributed by atoms with Gasteiger partial charge < -0.3 is 14.8 Å². The maximum atomic E-state index is 12.5. The molecule has 0 saturated carbocycles. The first kappa shape index (κ1) is 19.0. The first-order chi connectivity index (χ1) is 14.1. The summed E-state index contributed by atoms with van der Waals surface area (Å²) in [4.78, 5) is 38.0. The van der Waals surface area contributed by atoms with Gasteiger partial charge in [-0.25, -0.2) is 0 Å². The Balaban J connectivity index is 1.29. The Morgan fingerprint density at radius 1 is 1.24 bits per heavy atom. The van der Waals surface area contributed by atoms with E-state index in [1.165, 1.54) is 6.20 Å². The monoisotopic (exact) mass is 415 g/mol. The van der Waals surface area contributed by atoms with E-state index in [0.717, 1.165) is 22.2 Å². The number of aryl methyl sites for hydroxylation is 1. The van der Waals surface area contributed by atoms with Crippen molar-refractivity contribution in [2.24, 2.45) is 0 Å². The van der Waals surface area contributed by atoms with Crippen LogP contribution in [0.2, 0.25) is 0 Å². The van der Waals surface area contributed by atoms with Gasteiger partial charge in [-0.15, -0.1) is 5.10 Å². The summed E-state index contributed by atoms with van der Waals surface area (Å²) in [5.41, 5.74) is 0.737. The molecule has 0 radical (unpaired) electrons. The van der Waals surface area contributed by atoms with Gasteiger partial charge in [0.25, 0.3) is 11.1 Å². The lowest BCUT2D eigenvalue weighted by Crippen LogP contribution is -2.37. The van der Waals surface area contributed by atoms with Gasteiger partial charge in [-0.05, 0) is 35.5 Å². The zero-order valence-corrected chi connectivity index (χ0v) is 16.1. The van der Waals surface area contributed by atoms with Crippen LogP contribution in [-0.4, -0.2) is 56.8 Å². The second-order valence-corrected chi connectivity index (χ2v) is 7.21. The SMILES string of the molecule is O=C(CCn1ccnn1)NCCN1C(=O)SC(=Cc2ccc3c(c2)OCO3)C1=O. The maximum absolute atomic E-state index is 12.5. The van der Waals surface area contributed by atoms with Gasteiger partial charge in [0.2, 0.25) is 12.7 Å². The molecule has 2 aliphatic rings. The highest BCUT2D eigenvalue weighted by Crippen LogP contribution is 2.36. The number of carbonyl (C=O) groups excluding carboxylic acids is 3. The van der Waals surface area contributed by atoms with Crippen LogP contribution < -0.4 is 14.8 Å². The van der Waals surface area contributed by atoms with Crippen molar-refractivity contribution in [3.05, 3.63) is 41.1 Å². The molecule has 1 fully saturated rings. The number of thioether (sulfide) groups is 1. The maximum Gasteiger partial charge on any atom is 0.293 e. The van der Waals surface area contributed by atoms with Gasteiger partial charge in [-0.2, -0.15) is 0 Å². The summed E-state index contributed by atoms with van der Waals surface area (Å²) in [6, 6.07) is 5.30. The van der Waals surface area contributed by atoms with E-state index in [1.807, 2.05) is 0 Å². The average Bonchev–Trinajstić information content (AvgIpc) is 3.44. The first-order valence-electron chi connectivity index (χ1n) is 8.86. The van der Waals surface area contributed by atoms with Crippen LogP contribution in [0.5, 0.6) is 11.5 Å². The number of hydrogen-bond donors (Lipinski definition) is 1. The van der Waals surface area contributed by atoms with Crippen molar-refractivity contribution in [2.75, 3.05) is 19.9 Å². The molecular weight excluding hydrogens is 398 g/mol. The Kier molecular flexibility index (Phi) is 5.47. The second kappa shape index (κ2) is 8.35. The highest BCUT2D eigenvalue weighted by Gasteiger charge is 2.34. The number of hydrogen-bond acceptors (Lipinski definition) is 8. The van der Waals surface area contributed by atoms with E-state index in [0.29, 0.717) is 22.9 Å². The zero-order valence-electron chi connectivity index (χ0n) is 15.2. The van der Waals surface area contributed by atoms with E-state index >= 15 is 0 Å². The van der Waals surface area contributed by atoms with Crippen LogP contribution in [0, 0.1) is 0 Å². The first-order valence-corrected chi connectivity index (χ1v) is 9.67. The largest absolute Gasteiger partial charge is 0.454 e. The summed E-state index contributed by atoms with van der Waals surface area (Å²) < 4.78 is 12.1. The molecule has 3 amide bonds. The summed E-state index contributed by atoms with van der Waals surface area (Å²) in [6.07, 6.45) is 5.08. The second-order valence-electron chi connectivity index (χ2n) is 6.21. The minimum atomic E-state index is -0.380. The number of nitrogens with zero attached hydrogens (tertiary/aromatic N) is 4. The molecule has 1 N–H and O–H groups in total. The number of ether oxygens (including phenoxy) is 2. The van der Waals surface area contributed by atoms with Crippen LogP contribution in [0.4, 0.5) is 4.79 Å². The lowest BCUT2D eigenvalue weighted by Gasteiger charge is -2.13. The number of imide groups is 1. The Labute approximate surface area is 169 Å². The predicted molar refractivity (Wildman–Crippen MR) is 103 cm³/mol. The van der Waals surface area contributed by atoms with Crippen molar-refractivity contribution in [3.63, 3.8) is 0 Å². The van der Waals surface area contributed by atoms with E-state index < -0.39 is 0 Å². The molecule has 1 aromatic carbocycles. The normalized spacial score (nSPS) is 16.7. The van der Waals surface area contributed by atoms with E-state index in [2.05, 4.69) is 15.6 Å². The third kappa shape index (κ3) is 4.40. The molecular formula is C18H17N5O5S. The van der Waals surface area contributed by atoms with E-state index in [-0.39, 0.29) is 43.4 Å². The van der Waals surface area contributed by atoms with E-state index in [1.54, 1.807) is 35.2 Å². The topological polar surface area (TPSA) is 116 Å². The Bertz CT molecular complexity index is 975. The minimum absolute atomic E-state index is 0.109. The Hall–Kier alpha value is -3.34. The smallest absolute Gasteiger partial charge is 0.293 e. The molecule has 0 aliphatic carbocycles. The van der Waals surface area contributed by atoms with Crippen LogP contribution in [0.15, 0.2) is 35.5 Å². The molecule has 0 bridgehead atoms. The third-order valence-electron chi connectivity index (χ3n) is 4.27. The molecule has 3 heterocycles. The van der Waals surface area contributed by atoms with Crippen LogP contribution in [-0.2, 0) is 16.1 Å². The molecule has 0 atom stereocenters. The van der Waals surface area contributed by atoms with E-state index in [4.69, 9.17) is 9.47 Å². The van der Waals surface area contributed by atoms with Crippen molar-refractivity contribution in [1.29, 1.82) is 0 Å². The van der Waals surface area contributed by atoms with Crippen molar-refractivity contribution in [1.82, 2.24) is 25.2 Å². The Morgan fingerprint density at radius 3 is 2.93 bits per heavy atom. The quantitative estimate of drug-likeness (QED) is 0.672. The number of fused-ring (bicyclic) bond motifs is 1. The van der Waals surface area contributed by atoms with Crippen molar-refractivity contribution < 1.29 is 23.9 Å².